The third-order valence-corrected chi connectivity index (χ3v) is 4.17. The Morgan fingerprint density at radius 2 is 1.86 bits per heavy atom. The smallest absolute Gasteiger partial charge is 0.271 e. The number of hydrogen-bond donors (Lipinski definition) is 0. The molecule has 1 aliphatic rings. The molecule has 112 valence electrons. The molecule has 21 heavy (non-hydrogen) atoms. The molecule has 1 aromatic heterocycles. The van der Waals surface area contributed by atoms with E-state index in [4.69, 9.17) is 4.74 Å². The van der Waals surface area contributed by atoms with Crippen LogP contribution in [0.4, 0.5) is 10.2 Å². The van der Waals surface area contributed by atoms with E-state index in [1.54, 1.807) is 18.2 Å². The molecule has 0 atom stereocenters. The quantitative estimate of drug-likeness (QED) is 0.864. The molecule has 1 fully saturated rings. The lowest BCUT2D eigenvalue weighted by molar-refractivity contribution is 0.291. The van der Waals surface area contributed by atoms with Gasteiger partial charge in [-0.15, -0.1) is 4.37 Å². The number of rotatable bonds is 4. The minimum atomic E-state index is -0.253. The Hall–Kier alpha value is -1.69. The molecule has 1 saturated heterocycles. The molecule has 0 saturated carbocycles. The van der Waals surface area contributed by atoms with Crippen molar-refractivity contribution >= 4 is 17.5 Å². The van der Waals surface area contributed by atoms with Crippen molar-refractivity contribution in [2.45, 2.75) is 32.3 Å². The number of ether oxygens (including phenoxy) is 1. The van der Waals surface area contributed by atoms with E-state index in [-0.39, 0.29) is 12.4 Å². The first kappa shape index (κ1) is 14.3. The summed E-state index contributed by atoms with van der Waals surface area (Å²) in [5, 5.41) is 0. The van der Waals surface area contributed by atoms with Gasteiger partial charge in [-0.25, -0.2) is 4.39 Å². The lowest BCUT2D eigenvalue weighted by Gasteiger charge is -2.20. The van der Waals surface area contributed by atoms with Crippen LogP contribution in [0.3, 0.4) is 0 Å². The van der Waals surface area contributed by atoms with Gasteiger partial charge in [0.05, 0.1) is 11.7 Å². The normalized spacial score (nSPS) is 15.8. The molecule has 1 aliphatic heterocycles. The van der Waals surface area contributed by atoms with Crippen LogP contribution in [0.1, 0.15) is 31.2 Å². The van der Waals surface area contributed by atoms with Crippen LogP contribution >= 0.6 is 11.7 Å². The second kappa shape index (κ2) is 6.85. The molecule has 0 radical (unpaired) electrons. The second-order valence-corrected chi connectivity index (χ2v) is 5.70. The fourth-order valence-corrected chi connectivity index (χ4v) is 3.02. The molecule has 2 heterocycles. The Morgan fingerprint density at radius 1 is 1.10 bits per heavy atom. The third kappa shape index (κ3) is 3.50. The van der Waals surface area contributed by atoms with Gasteiger partial charge in [0, 0.05) is 18.7 Å². The fraction of sp³-hybridized carbons (Fsp3) is 0.467. The predicted octanol–water partition coefficient (Wildman–Crippen LogP) is 3.64. The Morgan fingerprint density at radius 3 is 2.62 bits per heavy atom. The average Bonchev–Trinajstić information content (AvgIpc) is 2.80. The van der Waals surface area contributed by atoms with E-state index in [9.17, 15) is 4.39 Å². The van der Waals surface area contributed by atoms with Gasteiger partial charge in [0.25, 0.3) is 5.88 Å². The zero-order chi connectivity index (χ0) is 14.5. The van der Waals surface area contributed by atoms with Crippen molar-refractivity contribution in [1.82, 2.24) is 8.75 Å². The summed E-state index contributed by atoms with van der Waals surface area (Å²) >= 11 is 1.15. The van der Waals surface area contributed by atoms with Gasteiger partial charge in [-0.1, -0.05) is 31.0 Å². The summed E-state index contributed by atoms with van der Waals surface area (Å²) in [6, 6.07) is 6.64. The van der Waals surface area contributed by atoms with Crippen molar-refractivity contribution in [2.24, 2.45) is 0 Å². The Labute approximate surface area is 127 Å². The van der Waals surface area contributed by atoms with E-state index < -0.39 is 0 Å². The second-order valence-electron chi connectivity index (χ2n) is 5.17. The molecule has 0 amide bonds. The third-order valence-electron chi connectivity index (χ3n) is 3.67. The highest BCUT2D eigenvalue weighted by molar-refractivity contribution is 6.99. The maximum absolute atomic E-state index is 13.6. The van der Waals surface area contributed by atoms with Crippen LogP contribution in [0.5, 0.6) is 5.88 Å². The van der Waals surface area contributed by atoms with E-state index in [0.717, 1.165) is 30.6 Å². The number of nitrogens with zero attached hydrogens (tertiary/aromatic N) is 3. The van der Waals surface area contributed by atoms with Crippen LogP contribution in [0, 0.1) is 5.82 Å². The zero-order valence-corrected chi connectivity index (χ0v) is 12.6. The van der Waals surface area contributed by atoms with Gasteiger partial charge in [0.15, 0.2) is 0 Å². The lowest BCUT2D eigenvalue weighted by Crippen LogP contribution is -2.24. The molecule has 0 bridgehead atoms. The van der Waals surface area contributed by atoms with Crippen LogP contribution in [-0.2, 0) is 6.61 Å². The van der Waals surface area contributed by atoms with E-state index >= 15 is 0 Å². The van der Waals surface area contributed by atoms with Crippen LogP contribution in [0.15, 0.2) is 24.3 Å². The van der Waals surface area contributed by atoms with Gasteiger partial charge in [0.1, 0.15) is 12.4 Å². The summed E-state index contributed by atoms with van der Waals surface area (Å²) in [6.45, 7) is 2.15. The van der Waals surface area contributed by atoms with Crippen LogP contribution < -0.4 is 9.64 Å². The molecule has 0 spiro atoms. The maximum Gasteiger partial charge on any atom is 0.271 e. The van der Waals surface area contributed by atoms with Gasteiger partial charge < -0.3 is 9.64 Å². The molecule has 0 unspecified atom stereocenters. The highest BCUT2D eigenvalue weighted by Crippen LogP contribution is 2.28. The number of anilines is 1. The standard InChI is InChI=1S/C15H18FN3OS/c16-13-8-4-3-7-12(13)11-20-15-14(17-21-18-15)19-9-5-1-2-6-10-19/h3-4,7-8H,1-2,5-6,9-11H2. The van der Waals surface area contributed by atoms with Crippen molar-refractivity contribution in [2.75, 3.05) is 18.0 Å². The van der Waals surface area contributed by atoms with Gasteiger partial charge in [0.2, 0.25) is 5.82 Å². The summed E-state index contributed by atoms with van der Waals surface area (Å²) in [4.78, 5) is 2.23. The van der Waals surface area contributed by atoms with Crippen molar-refractivity contribution in [3.63, 3.8) is 0 Å². The highest BCUT2D eigenvalue weighted by Gasteiger charge is 2.19. The average molecular weight is 307 g/mol. The Bertz CT molecular complexity index is 582. The van der Waals surface area contributed by atoms with E-state index in [0.29, 0.717) is 11.4 Å². The summed E-state index contributed by atoms with van der Waals surface area (Å²) in [7, 11) is 0. The molecule has 4 nitrogen and oxygen atoms in total. The minimum absolute atomic E-state index is 0.179. The lowest BCUT2D eigenvalue weighted by atomic mass is 10.2. The number of hydrogen-bond acceptors (Lipinski definition) is 5. The molecule has 1 aromatic carbocycles. The topological polar surface area (TPSA) is 38.3 Å². The van der Waals surface area contributed by atoms with Gasteiger partial charge >= 0.3 is 0 Å². The first-order chi connectivity index (χ1) is 10.3. The largest absolute Gasteiger partial charge is 0.469 e. The van der Waals surface area contributed by atoms with Crippen molar-refractivity contribution in [3.05, 3.63) is 35.6 Å². The van der Waals surface area contributed by atoms with Crippen LogP contribution in [0.25, 0.3) is 0 Å². The summed E-state index contributed by atoms with van der Waals surface area (Å²) in [6.07, 6.45) is 4.87. The van der Waals surface area contributed by atoms with Gasteiger partial charge in [-0.3, -0.25) is 0 Å². The maximum atomic E-state index is 13.6. The van der Waals surface area contributed by atoms with Crippen LogP contribution in [-0.4, -0.2) is 21.8 Å². The van der Waals surface area contributed by atoms with Gasteiger partial charge in [-0.05, 0) is 18.9 Å². The molecular formula is C15H18FN3OS. The van der Waals surface area contributed by atoms with Crippen LogP contribution in [0.2, 0.25) is 0 Å². The molecule has 0 N–H and O–H groups in total. The van der Waals surface area contributed by atoms with Crippen molar-refractivity contribution in [1.29, 1.82) is 0 Å². The predicted molar refractivity (Wildman–Crippen MR) is 81.3 cm³/mol. The molecule has 6 heteroatoms. The molecule has 2 aromatic rings. The monoisotopic (exact) mass is 307 g/mol. The van der Waals surface area contributed by atoms with Gasteiger partial charge in [-0.2, -0.15) is 4.37 Å². The fourth-order valence-electron chi connectivity index (χ4n) is 2.50. The first-order valence-electron chi connectivity index (χ1n) is 7.28. The molecular weight excluding hydrogens is 289 g/mol. The zero-order valence-electron chi connectivity index (χ0n) is 11.8. The SMILES string of the molecule is Fc1ccccc1COc1nsnc1N1CCCCCC1. The molecule has 3 rings (SSSR count). The highest BCUT2D eigenvalue weighted by atomic mass is 32.1. The van der Waals surface area contributed by atoms with Crippen molar-refractivity contribution < 1.29 is 9.13 Å². The first-order valence-corrected chi connectivity index (χ1v) is 8.01. The number of aromatic nitrogens is 2. The Balaban J connectivity index is 1.69. The summed E-state index contributed by atoms with van der Waals surface area (Å²) < 4.78 is 27.9. The van der Waals surface area contributed by atoms with E-state index in [1.807, 2.05) is 0 Å². The summed E-state index contributed by atoms with van der Waals surface area (Å²) in [5.74, 6) is 1.07. The van der Waals surface area contributed by atoms with E-state index in [2.05, 4.69) is 13.6 Å². The van der Waals surface area contributed by atoms with E-state index in [1.165, 1.54) is 31.7 Å². The van der Waals surface area contributed by atoms with Crippen molar-refractivity contribution in [3.8, 4) is 5.88 Å². The Kier molecular flexibility index (Phi) is 4.65. The number of benzene rings is 1. The molecule has 0 aliphatic carbocycles. The minimum Gasteiger partial charge on any atom is -0.469 e. The number of halogens is 1. The summed E-state index contributed by atoms with van der Waals surface area (Å²) in [5.41, 5.74) is 0.535.